The molecule has 0 radical (unpaired) electrons. The van der Waals surface area contributed by atoms with Crippen LogP contribution in [0.3, 0.4) is 0 Å². The molecule has 0 aliphatic heterocycles. The first-order chi connectivity index (χ1) is 28.4. The summed E-state index contributed by atoms with van der Waals surface area (Å²) in [4.78, 5) is 23.1. The molecule has 0 saturated heterocycles. The molecule has 13 nitrogen and oxygen atoms in total. The smallest absolute Gasteiger partial charge is 0.457 e. The van der Waals surface area contributed by atoms with E-state index in [1.807, 2.05) is 19.1 Å². The van der Waals surface area contributed by atoms with Crippen molar-refractivity contribution in [1.29, 1.82) is 0 Å². The Morgan fingerprint density at radius 2 is 1.07 bits per heavy atom. The molecule has 1 rings (SSSR count). The first kappa shape index (κ1) is 55.3. The van der Waals surface area contributed by atoms with E-state index in [1.54, 1.807) is 0 Å². The minimum atomic E-state index is -5.04. The Morgan fingerprint density at radius 3 is 1.58 bits per heavy atom. The van der Waals surface area contributed by atoms with Gasteiger partial charge in [-0.05, 0) is 57.8 Å². The first-order valence-electron chi connectivity index (χ1n) is 22.5. The van der Waals surface area contributed by atoms with Gasteiger partial charge in [-0.15, -0.1) is 0 Å². The summed E-state index contributed by atoms with van der Waals surface area (Å²) < 4.78 is 34.1. The SMILES string of the molecule is CCCCCCCCCCCCCCCCOCC(COP(=O)(O)OC1C(O)C(O)C(O)C(O)C1O)OC(=O)CCC/C=C\C/C=C\C/C=C\C/C=C\CCC(O)CC. The number of esters is 1. The molecule has 59 heavy (non-hydrogen) atoms. The molecule has 1 fully saturated rings. The second-order valence-corrected chi connectivity index (χ2v) is 17.1. The first-order valence-corrected chi connectivity index (χ1v) is 24.0. The van der Waals surface area contributed by atoms with Gasteiger partial charge in [-0.1, -0.05) is 146 Å². The number of ether oxygens (including phenoxy) is 2. The lowest BCUT2D eigenvalue weighted by Gasteiger charge is -2.41. The van der Waals surface area contributed by atoms with Gasteiger partial charge < -0.3 is 45.0 Å². The van der Waals surface area contributed by atoms with Crippen LogP contribution in [0.2, 0.25) is 0 Å². The number of hydrogen-bond donors (Lipinski definition) is 7. The fraction of sp³-hybridized carbons (Fsp3) is 0.800. The van der Waals surface area contributed by atoms with Gasteiger partial charge in [0.15, 0.2) is 0 Å². The number of aliphatic hydroxyl groups is 6. The Morgan fingerprint density at radius 1 is 0.610 bits per heavy atom. The molecular weight excluding hydrogens is 779 g/mol. The number of rotatable bonds is 37. The average molecular weight is 861 g/mol. The average Bonchev–Trinajstić information content (AvgIpc) is 3.22. The number of carbonyl (C=O) groups excluding carboxylic acids is 1. The van der Waals surface area contributed by atoms with Crippen LogP contribution in [0.15, 0.2) is 48.6 Å². The number of phosphoric ester groups is 1. The molecule has 7 unspecified atom stereocenters. The quantitative estimate of drug-likeness (QED) is 0.0138. The molecule has 0 aromatic heterocycles. The molecule has 0 bridgehead atoms. The van der Waals surface area contributed by atoms with E-state index in [0.717, 1.165) is 57.8 Å². The van der Waals surface area contributed by atoms with Gasteiger partial charge in [-0.3, -0.25) is 13.8 Å². The van der Waals surface area contributed by atoms with E-state index in [-0.39, 0.29) is 19.1 Å². The molecule has 1 saturated carbocycles. The third-order valence-corrected chi connectivity index (χ3v) is 11.4. The van der Waals surface area contributed by atoms with E-state index >= 15 is 0 Å². The maximum atomic E-state index is 12.8. The molecule has 1 aliphatic carbocycles. The van der Waals surface area contributed by atoms with Gasteiger partial charge in [0.05, 0.1) is 19.3 Å². The van der Waals surface area contributed by atoms with E-state index in [4.69, 9.17) is 18.5 Å². The topological polar surface area (TPSA) is 213 Å². The summed E-state index contributed by atoms with van der Waals surface area (Å²) in [5.74, 6) is -0.542. The number of aliphatic hydroxyl groups excluding tert-OH is 6. The van der Waals surface area contributed by atoms with Crippen molar-refractivity contribution in [2.75, 3.05) is 19.8 Å². The molecule has 0 heterocycles. The van der Waals surface area contributed by atoms with Crippen molar-refractivity contribution in [3.8, 4) is 0 Å². The van der Waals surface area contributed by atoms with Crippen molar-refractivity contribution in [1.82, 2.24) is 0 Å². The van der Waals surface area contributed by atoms with E-state index in [0.29, 0.717) is 19.4 Å². The zero-order valence-electron chi connectivity index (χ0n) is 36.1. The fourth-order valence-electron chi connectivity index (χ4n) is 6.56. The van der Waals surface area contributed by atoms with E-state index < -0.39 is 63.1 Å². The van der Waals surface area contributed by atoms with Crippen LogP contribution in [0.5, 0.6) is 0 Å². The van der Waals surface area contributed by atoms with E-state index in [9.17, 15) is 44.9 Å². The van der Waals surface area contributed by atoms with Crippen molar-refractivity contribution in [3.05, 3.63) is 48.6 Å². The zero-order valence-corrected chi connectivity index (χ0v) is 37.0. The third kappa shape index (κ3) is 28.5. The molecule has 7 atom stereocenters. The molecule has 0 amide bonds. The lowest BCUT2D eigenvalue weighted by Crippen LogP contribution is -2.64. The number of allylic oxidation sites excluding steroid dienone is 8. The van der Waals surface area contributed by atoms with Crippen LogP contribution in [0.25, 0.3) is 0 Å². The number of carbonyl (C=O) groups is 1. The minimum absolute atomic E-state index is 0.0971. The molecule has 0 spiro atoms. The third-order valence-electron chi connectivity index (χ3n) is 10.4. The Balaban J connectivity index is 2.46. The molecule has 1 aliphatic rings. The summed E-state index contributed by atoms with van der Waals surface area (Å²) in [6.07, 6.45) is 27.0. The maximum absolute atomic E-state index is 12.8. The summed E-state index contributed by atoms with van der Waals surface area (Å²) in [5, 5.41) is 59.7. The van der Waals surface area contributed by atoms with E-state index in [2.05, 4.69) is 43.4 Å². The second kappa shape index (κ2) is 35.8. The summed E-state index contributed by atoms with van der Waals surface area (Å²) in [6.45, 7) is 3.91. The van der Waals surface area contributed by atoms with Gasteiger partial charge in [-0.25, -0.2) is 4.57 Å². The summed E-state index contributed by atoms with van der Waals surface area (Å²) >= 11 is 0. The molecular formula is C45H81O13P. The minimum Gasteiger partial charge on any atom is -0.457 e. The van der Waals surface area contributed by atoms with E-state index in [1.165, 1.54) is 70.6 Å². The number of unbranched alkanes of at least 4 members (excludes halogenated alkanes) is 14. The Hall–Kier alpha value is -1.74. The van der Waals surface area contributed by atoms with Crippen molar-refractivity contribution >= 4 is 13.8 Å². The van der Waals surface area contributed by atoms with Crippen LogP contribution in [0.4, 0.5) is 0 Å². The fourth-order valence-corrected chi connectivity index (χ4v) is 7.54. The van der Waals surface area contributed by atoms with Crippen LogP contribution in [-0.2, 0) is 27.9 Å². The Kier molecular flexibility index (Phi) is 33.6. The monoisotopic (exact) mass is 861 g/mol. The molecule has 7 N–H and O–H groups in total. The van der Waals surface area contributed by atoms with Crippen LogP contribution >= 0.6 is 7.82 Å². The van der Waals surface area contributed by atoms with Crippen molar-refractivity contribution in [3.63, 3.8) is 0 Å². The number of hydrogen-bond acceptors (Lipinski definition) is 12. The van der Waals surface area contributed by atoms with Crippen LogP contribution in [-0.4, -0.2) is 110 Å². The summed E-state index contributed by atoms with van der Waals surface area (Å²) in [6, 6.07) is 0. The normalized spacial score (nSPS) is 23.5. The standard InChI is InChI=1S/C45H81O13P/c1-3-5-6-7-8-9-10-11-16-19-22-25-28-31-34-55-35-38(36-56-59(53,54)58-45-43(51)41(49)40(48)42(50)44(45)52)57-39(47)33-30-27-24-21-18-15-13-12-14-17-20-23-26-29-32-37(46)4-2/h13-15,17,21,23-24,26,37-38,40-46,48-52H,3-12,16,18-20,22,25,27-36H2,1-2H3,(H,53,54)/b15-13-,17-14-,24-21-,26-23-. The largest absolute Gasteiger partial charge is 0.472 e. The van der Waals surface area contributed by atoms with Crippen molar-refractivity contribution in [2.45, 2.75) is 210 Å². The maximum Gasteiger partial charge on any atom is 0.472 e. The highest BCUT2D eigenvalue weighted by atomic mass is 31.2. The summed E-state index contributed by atoms with van der Waals surface area (Å²) in [7, 11) is -5.04. The Labute approximate surface area is 355 Å². The zero-order chi connectivity index (χ0) is 43.6. The van der Waals surface area contributed by atoms with Gasteiger partial charge in [0, 0.05) is 13.0 Å². The number of phosphoric acid groups is 1. The van der Waals surface area contributed by atoms with Gasteiger partial charge in [-0.2, -0.15) is 0 Å². The van der Waals surface area contributed by atoms with Crippen LogP contribution in [0.1, 0.15) is 162 Å². The second-order valence-electron chi connectivity index (χ2n) is 15.7. The molecule has 0 aromatic rings. The van der Waals surface area contributed by atoms with Crippen molar-refractivity contribution in [2.24, 2.45) is 0 Å². The summed E-state index contributed by atoms with van der Waals surface area (Å²) in [5.41, 5.74) is 0. The van der Waals surface area contributed by atoms with Gasteiger partial charge in [0.2, 0.25) is 0 Å². The Bertz CT molecular complexity index is 1180. The predicted molar refractivity (Wildman–Crippen MR) is 231 cm³/mol. The predicted octanol–water partition coefficient (Wildman–Crippen LogP) is 7.83. The molecule has 344 valence electrons. The highest BCUT2D eigenvalue weighted by molar-refractivity contribution is 7.47. The lowest BCUT2D eigenvalue weighted by molar-refractivity contribution is -0.220. The van der Waals surface area contributed by atoms with Crippen LogP contribution in [0, 0.1) is 0 Å². The van der Waals surface area contributed by atoms with Gasteiger partial charge in [0.25, 0.3) is 0 Å². The lowest BCUT2D eigenvalue weighted by atomic mass is 9.85. The molecule has 14 heteroatoms. The van der Waals surface area contributed by atoms with Crippen LogP contribution < -0.4 is 0 Å². The van der Waals surface area contributed by atoms with Crippen molar-refractivity contribution < 1.29 is 63.4 Å². The molecule has 0 aromatic carbocycles. The van der Waals surface area contributed by atoms with Gasteiger partial charge >= 0.3 is 13.8 Å². The van der Waals surface area contributed by atoms with Gasteiger partial charge in [0.1, 0.15) is 42.7 Å². The highest BCUT2D eigenvalue weighted by Gasteiger charge is 2.51. The highest BCUT2D eigenvalue weighted by Crippen LogP contribution is 2.47.